The number of amides is 1. The molecule has 0 bridgehead atoms. The molecule has 2 fully saturated rings. The molecule has 10 heteroatoms. The summed E-state index contributed by atoms with van der Waals surface area (Å²) >= 11 is 0. The van der Waals surface area contributed by atoms with Crippen molar-refractivity contribution in [1.29, 1.82) is 0 Å². The number of rotatable bonds is 7. The number of nitrogens with one attached hydrogen (secondary N) is 2. The van der Waals surface area contributed by atoms with Gasteiger partial charge in [0, 0.05) is 36.5 Å². The second kappa shape index (κ2) is 11.8. The molecule has 3 N–H and O–H groups in total. The van der Waals surface area contributed by atoms with Crippen molar-refractivity contribution in [2.45, 2.75) is 58.2 Å². The summed E-state index contributed by atoms with van der Waals surface area (Å²) in [4.78, 5) is 15.6. The van der Waals surface area contributed by atoms with E-state index in [0.717, 1.165) is 37.2 Å². The number of pyridine rings is 1. The number of likely N-dealkylation sites (tertiary alicyclic amines) is 1. The lowest BCUT2D eigenvalue weighted by Gasteiger charge is -2.36. The second-order valence-electron chi connectivity index (χ2n) is 9.68. The molecule has 3 aromatic rings. The van der Waals surface area contributed by atoms with Crippen molar-refractivity contribution < 1.29 is 18.7 Å². The number of aryl methyl sites for hydroxylation is 2. The van der Waals surface area contributed by atoms with E-state index in [-0.39, 0.29) is 11.9 Å². The van der Waals surface area contributed by atoms with E-state index < -0.39 is 12.1 Å². The normalized spacial score (nSPS) is 19.6. The van der Waals surface area contributed by atoms with Crippen LogP contribution in [0.3, 0.4) is 0 Å². The van der Waals surface area contributed by atoms with E-state index in [0.29, 0.717) is 35.0 Å². The van der Waals surface area contributed by atoms with Crippen molar-refractivity contribution in [3.05, 3.63) is 59.7 Å². The van der Waals surface area contributed by atoms with Crippen LogP contribution in [0.1, 0.15) is 37.3 Å². The molecular formula is C27H34F2N6O2. The van der Waals surface area contributed by atoms with Gasteiger partial charge in [0.2, 0.25) is 12.4 Å². The lowest BCUT2D eigenvalue weighted by Crippen LogP contribution is -2.49. The fourth-order valence-corrected chi connectivity index (χ4v) is 4.35. The number of β-amino-alcohol motifs (C(OH)–C–C–N with tert-alkyl or cyclic N) is 1. The number of piperidine rings is 1. The molecule has 2 atom stereocenters. The number of likely N-dealkylation sites (N-methyl/N-ethyl adjacent to an activating group) is 1. The molecule has 37 heavy (non-hydrogen) atoms. The molecule has 1 amide bonds. The van der Waals surface area contributed by atoms with E-state index in [2.05, 4.69) is 32.5 Å². The van der Waals surface area contributed by atoms with Crippen LogP contribution in [0.4, 0.5) is 14.5 Å². The molecule has 3 heterocycles. The van der Waals surface area contributed by atoms with Crippen molar-refractivity contribution >= 4 is 12.1 Å². The van der Waals surface area contributed by atoms with Gasteiger partial charge in [0.05, 0.1) is 35.9 Å². The Morgan fingerprint density at radius 1 is 1.14 bits per heavy atom. The van der Waals surface area contributed by atoms with Gasteiger partial charge in [0.25, 0.3) is 0 Å². The topological polar surface area (TPSA) is 95.3 Å². The molecule has 1 saturated heterocycles. The first-order chi connectivity index (χ1) is 17.8. The number of carbonyl (C=O) groups excluding carboxylic acids is 1. The summed E-state index contributed by atoms with van der Waals surface area (Å²) < 4.78 is 29.9. The van der Waals surface area contributed by atoms with Gasteiger partial charge in [-0.2, -0.15) is 9.49 Å². The van der Waals surface area contributed by atoms with Crippen LogP contribution < -0.4 is 10.6 Å². The molecule has 0 radical (unpaired) electrons. The Balaban J connectivity index is 0.000000469. The van der Waals surface area contributed by atoms with Gasteiger partial charge in [-0.25, -0.2) is 14.1 Å². The maximum atomic E-state index is 14.5. The Bertz CT molecular complexity index is 1230. The number of aromatic nitrogens is 3. The maximum Gasteiger partial charge on any atom is 0.220 e. The number of aliphatic hydroxyl groups excluding tert-OH is 1. The minimum absolute atomic E-state index is 0.115. The van der Waals surface area contributed by atoms with Gasteiger partial charge in [0.1, 0.15) is 5.82 Å². The van der Waals surface area contributed by atoms with E-state index in [4.69, 9.17) is 0 Å². The van der Waals surface area contributed by atoms with Gasteiger partial charge < -0.3 is 20.6 Å². The summed E-state index contributed by atoms with van der Waals surface area (Å²) in [5, 5.41) is 20.7. The molecule has 1 aliphatic heterocycles. The molecule has 8 nitrogen and oxygen atoms in total. The summed E-state index contributed by atoms with van der Waals surface area (Å²) in [6.07, 6.45) is 8.12. The number of aliphatic hydroxyl groups is 1. The third-order valence-electron chi connectivity index (χ3n) is 6.80. The van der Waals surface area contributed by atoms with E-state index in [1.165, 1.54) is 25.1 Å². The molecule has 2 aliphatic rings. The summed E-state index contributed by atoms with van der Waals surface area (Å²) in [5.74, 6) is -0.868. The summed E-state index contributed by atoms with van der Waals surface area (Å²) in [5.41, 5.74) is 3.51. The Morgan fingerprint density at radius 2 is 1.92 bits per heavy atom. The second-order valence-corrected chi connectivity index (χ2v) is 9.68. The first kappa shape index (κ1) is 26.7. The first-order valence-corrected chi connectivity index (χ1v) is 12.6. The predicted molar refractivity (Wildman–Crippen MR) is 139 cm³/mol. The van der Waals surface area contributed by atoms with Crippen LogP contribution in [-0.4, -0.2) is 69.0 Å². The Hall–Kier alpha value is -3.37. The molecule has 1 saturated carbocycles. The van der Waals surface area contributed by atoms with Crippen LogP contribution in [0.5, 0.6) is 0 Å². The SMILES string of the molecule is CCN1CCC(Nc2cnc(F)c(-c3cnn(-c4cc(C)c(F)cc4C)c3)c2)C(O)C1.O=CNC1CC1. The van der Waals surface area contributed by atoms with E-state index in [1.807, 2.05) is 0 Å². The zero-order valence-corrected chi connectivity index (χ0v) is 21.4. The summed E-state index contributed by atoms with van der Waals surface area (Å²) in [6, 6.07) is 5.29. The zero-order chi connectivity index (χ0) is 26.5. The van der Waals surface area contributed by atoms with Crippen LogP contribution in [0.15, 0.2) is 36.8 Å². The van der Waals surface area contributed by atoms with Gasteiger partial charge in [-0.1, -0.05) is 6.92 Å². The number of hydrogen-bond donors (Lipinski definition) is 3. The highest BCUT2D eigenvalue weighted by molar-refractivity contribution is 5.67. The molecular weight excluding hydrogens is 478 g/mol. The fraction of sp³-hybridized carbons (Fsp3) is 0.444. The van der Waals surface area contributed by atoms with E-state index in [1.54, 1.807) is 43.1 Å². The average Bonchev–Trinajstić information content (AvgIpc) is 3.57. The molecule has 2 unspecified atom stereocenters. The third kappa shape index (κ3) is 6.69. The van der Waals surface area contributed by atoms with Gasteiger partial charge in [-0.05, 0) is 69.0 Å². The summed E-state index contributed by atoms with van der Waals surface area (Å²) in [7, 11) is 0. The van der Waals surface area contributed by atoms with Crippen molar-refractivity contribution in [2.24, 2.45) is 0 Å². The molecule has 198 valence electrons. The van der Waals surface area contributed by atoms with Crippen LogP contribution >= 0.6 is 0 Å². The highest BCUT2D eigenvalue weighted by Crippen LogP contribution is 2.27. The van der Waals surface area contributed by atoms with Crippen LogP contribution in [0.2, 0.25) is 0 Å². The van der Waals surface area contributed by atoms with Gasteiger partial charge in [0.15, 0.2) is 0 Å². The fourth-order valence-electron chi connectivity index (χ4n) is 4.35. The monoisotopic (exact) mass is 512 g/mol. The Morgan fingerprint density at radius 3 is 2.57 bits per heavy atom. The highest BCUT2D eigenvalue weighted by atomic mass is 19.1. The van der Waals surface area contributed by atoms with Gasteiger partial charge in [-0.3, -0.25) is 4.79 Å². The maximum absolute atomic E-state index is 14.5. The smallest absolute Gasteiger partial charge is 0.220 e. The van der Waals surface area contributed by atoms with E-state index in [9.17, 15) is 18.7 Å². The lowest BCUT2D eigenvalue weighted by molar-refractivity contribution is -0.109. The zero-order valence-electron chi connectivity index (χ0n) is 21.4. The number of halogens is 2. The van der Waals surface area contributed by atoms with Crippen molar-refractivity contribution in [2.75, 3.05) is 25.0 Å². The predicted octanol–water partition coefficient (Wildman–Crippen LogP) is 3.59. The van der Waals surface area contributed by atoms with Gasteiger partial charge >= 0.3 is 0 Å². The largest absolute Gasteiger partial charge is 0.390 e. The van der Waals surface area contributed by atoms with Crippen molar-refractivity contribution in [1.82, 2.24) is 25.0 Å². The number of hydrogen-bond acceptors (Lipinski definition) is 6. The number of carbonyl (C=O) groups is 1. The Kier molecular flexibility index (Phi) is 8.50. The third-order valence-corrected chi connectivity index (χ3v) is 6.80. The number of anilines is 1. The highest BCUT2D eigenvalue weighted by Gasteiger charge is 2.27. The van der Waals surface area contributed by atoms with Gasteiger partial charge in [-0.15, -0.1) is 0 Å². The first-order valence-electron chi connectivity index (χ1n) is 12.6. The molecule has 2 aromatic heterocycles. The van der Waals surface area contributed by atoms with Crippen LogP contribution in [0, 0.1) is 25.6 Å². The molecule has 0 spiro atoms. The van der Waals surface area contributed by atoms with E-state index >= 15 is 0 Å². The molecule has 1 aliphatic carbocycles. The lowest BCUT2D eigenvalue weighted by atomic mass is 10.0. The minimum atomic E-state index is -0.599. The standard InChI is InChI=1S/C23H27F2N5O.C4H7NO/c1-4-29-6-5-20(22(31)13-29)28-17-9-18(23(25)26-11-17)16-10-27-30(12-16)21-8-14(2)19(24)7-15(21)3;6-3-5-4-1-2-4/h7-12,20,22,28,31H,4-6,13H2,1-3H3;3-4H,1-2H2,(H,5,6). The van der Waals surface area contributed by atoms with Crippen LogP contribution in [0.25, 0.3) is 16.8 Å². The molecule has 1 aromatic carbocycles. The van der Waals surface area contributed by atoms with Crippen molar-refractivity contribution in [3.8, 4) is 16.8 Å². The summed E-state index contributed by atoms with van der Waals surface area (Å²) in [6.45, 7) is 7.99. The Labute approximate surface area is 215 Å². The number of benzene rings is 1. The minimum Gasteiger partial charge on any atom is -0.390 e. The molecule has 5 rings (SSSR count). The number of nitrogens with zero attached hydrogens (tertiary/aromatic N) is 4. The van der Waals surface area contributed by atoms with Crippen molar-refractivity contribution in [3.63, 3.8) is 0 Å². The average molecular weight is 513 g/mol. The van der Waals surface area contributed by atoms with Crippen LogP contribution in [-0.2, 0) is 4.79 Å². The quantitative estimate of drug-likeness (QED) is 0.331.